The zero-order valence-electron chi connectivity index (χ0n) is 9.90. The number of rotatable bonds is 9. The monoisotopic (exact) mass is 232 g/mol. The van der Waals surface area contributed by atoms with E-state index in [2.05, 4.69) is 4.74 Å². The van der Waals surface area contributed by atoms with E-state index in [-0.39, 0.29) is 18.3 Å². The van der Waals surface area contributed by atoms with Crippen LogP contribution >= 0.6 is 0 Å². The van der Waals surface area contributed by atoms with Gasteiger partial charge in [-0.25, -0.2) is 0 Å². The molecule has 0 aromatic rings. The summed E-state index contributed by atoms with van der Waals surface area (Å²) >= 11 is 0. The molecule has 0 aliphatic rings. The Balaban J connectivity index is 3.88. The molecule has 0 aliphatic carbocycles. The van der Waals surface area contributed by atoms with Crippen molar-refractivity contribution in [2.45, 2.75) is 12.8 Å². The predicted octanol–water partition coefficient (Wildman–Crippen LogP) is -0.627. The van der Waals surface area contributed by atoms with E-state index in [1.807, 2.05) is 4.90 Å². The van der Waals surface area contributed by atoms with Gasteiger partial charge in [0.1, 0.15) is 0 Å². The number of carbonyl (C=O) groups excluding carboxylic acids is 2. The lowest BCUT2D eigenvalue weighted by Crippen LogP contribution is -2.33. The minimum Gasteiger partial charge on any atom is -0.469 e. The minimum absolute atomic E-state index is 0.263. The molecule has 0 atom stereocenters. The Bertz CT molecular complexity index is 221. The van der Waals surface area contributed by atoms with E-state index in [4.69, 9.17) is 10.5 Å². The molecule has 0 rings (SSSR count). The number of ether oxygens (including phenoxy) is 2. The van der Waals surface area contributed by atoms with E-state index in [1.54, 1.807) is 7.11 Å². The van der Waals surface area contributed by atoms with Crippen molar-refractivity contribution >= 4 is 11.9 Å². The molecule has 0 saturated carbocycles. The van der Waals surface area contributed by atoms with Crippen LogP contribution in [-0.2, 0) is 19.1 Å². The number of amides is 1. The molecular formula is C10H20N2O4. The third-order valence-corrected chi connectivity index (χ3v) is 2.15. The van der Waals surface area contributed by atoms with Crippen LogP contribution in [0.3, 0.4) is 0 Å². The highest BCUT2D eigenvalue weighted by Crippen LogP contribution is 1.96. The first kappa shape index (κ1) is 14.9. The Morgan fingerprint density at radius 3 is 2.25 bits per heavy atom. The van der Waals surface area contributed by atoms with Gasteiger partial charge in [-0.2, -0.15) is 0 Å². The van der Waals surface area contributed by atoms with Gasteiger partial charge in [0.15, 0.2) is 0 Å². The lowest BCUT2D eigenvalue weighted by atomic mass is 10.3. The number of carbonyl (C=O) groups is 2. The van der Waals surface area contributed by atoms with Crippen LogP contribution in [0.4, 0.5) is 0 Å². The number of nitrogens with zero attached hydrogens (tertiary/aromatic N) is 1. The van der Waals surface area contributed by atoms with Gasteiger partial charge in [-0.05, 0) is 0 Å². The van der Waals surface area contributed by atoms with Crippen LogP contribution in [0.15, 0.2) is 0 Å². The highest BCUT2D eigenvalue weighted by Gasteiger charge is 2.09. The van der Waals surface area contributed by atoms with Crippen molar-refractivity contribution in [3.05, 3.63) is 0 Å². The molecule has 0 bridgehead atoms. The first-order valence-electron chi connectivity index (χ1n) is 5.16. The normalized spacial score (nSPS) is 10.4. The number of primary amides is 1. The largest absolute Gasteiger partial charge is 0.469 e. The molecule has 94 valence electrons. The van der Waals surface area contributed by atoms with Crippen molar-refractivity contribution < 1.29 is 19.1 Å². The van der Waals surface area contributed by atoms with Crippen molar-refractivity contribution in [3.63, 3.8) is 0 Å². The molecule has 0 saturated heterocycles. The van der Waals surface area contributed by atoms with Crippen LogP contribution in [0.1, 0.15) is 12.8 Å². The molecule has 16 heavy (non-hydrogen) atoms. The maximum atomic E-state index is 11.0. The van der Waals surface area contributed by atoms with Crippen molar-refractivity contribution in [3.8, 4) is 0 Å². The van der Waals surface area contributed by atoms with Crippen LogP contribution in [0.5, 0.6) is 0 Å². The first-order valence-corrected chi connectivity index (χ1v) is 5.16. The third-order valence-electron chi connectivity index (χ3n) is 2.15. The second-order valence-corrected chi connectivity index (χ2v) is 3.38. The Morgan fingerprint density at radius 1 is 1.12 bits per heavy atom. The summed E-state index contributed by atoms with van der Waals surface area (Å²) in [5, 5.41) is 0. The smallest absolute Gasteiger partial charge is 0.306 e. The Morgan fingerprint density at radius 2 is 1.75 bits per heavy atom. The maximum absolute atomic E-state index is 11.0. The van der Waals surface area contributed by atoms with Gasteiger partial charge >= 0.3 is 5.97 Å². The van der Waals surface area contributed by atoms with Crippen molar-refractivity contribution in [2.75, 3.05) is 40.5 Å². The Hall–Kier alpha value is -1.14. The molecule has 0 radical (unpaired) electrons. The molecule has 6 nitrogen and oxygen atoms in total. The van der Waals surface area contributed by atoms with E-state index in [0.29, 0.717) is 32.7 Å². The molecule has 0 heterocycles. The molecule has 1 amide bonds. The fourth-order valence-corrected chi connectivity index (χ4v) is 1.18. The number of hydrogen-bond donors (Lipinski definition) is 1. The number of nitrogens with two attached hydrogens (primary N) is 1. The molecule has 2 N–H and O–H groups in total. The summed E-state index contributed by atoms with van der Waals surface area (Å²) in [7, 11) is 2.96. The van der Waals surface area contributed by atoms with Gasteiger partial charge in [0.05, 0.1) is 20.1 Å². The molecule has 6 heteroatoms. The summed E-state index contributed by atoms with van der Waals surface area (Å²) in [6.45, 7) is 2.31. The zero-order chi connectivity index (χ0) is 12.4. The fourth-order valence-electron chi connectivity index (χ4n) is 1.18. The number of methoxy groups -OCH3 is 2. The fraction of sp³-hybridized carbons (Fsp3) is 0.800. The van der Waals surface area contributed by atoms with Gasteiger partial charge in [0, 0.05) is 33.2 Å². The summed E-state index contributed by atoms with van der Waals surface area (Å²) in [5.41, 5.74) is 5.06. The van der Waals surface area contributed by atoms with Crippen molar-refractivity contribution in [1.82, 2.24) is 4.90 Å². The molecule has 0 aliphatic heterocycles. The number of hydrogen-bond acceptors (Lipinski definition) is 5. The van der Waals surface area contributed by atoms with E-state index >= 15 is 0 Å². The summed E-state index contributed by atoms with van der Waals surface area (Å²) in [6, 6.07) is 0. The number of esters is 1. The minimum atomic E-state index is -0.347. The SMILES string of the molecule is COCCN(CCC(N)=O)CCC(=O)OC. The van der Waals surface area contributed by atoms with E-state index in [1.165, 1.54) is 7.11 Å². The van der Waals surface area contributed by atoms with Crippen molar-refractivity contribution in [2.24, 2.45) is 5.73 Å². The standard InChI is InChI=1S/C10H20N2O4/c1-15-8-7-12(5-3-9(11)13)6-4-10(14)16-2/h3-8H2,1-2H3,(H2,11,13). The topological polar surface area (TPSA) is 81.9 Å². The van der Waals surface area contributed by atoms with Gasteiger partial charge in [-0.3, -0.25) is 14.5 Å². The van der Waals surface area contributed by atoms with Gasteiger partial charge < -0.3 is 15.2 Å². The van der Waals surface area contributed by atoms with Gasteiger partial charge in [0.25, 0.3) is 0 Å². The van der Waals surface area contributed by atoms with Crippen LogP contribution in [-0.4, -0.2) is 57.2 Å². The molecule has 0 spiro atoms. The average Bonchev–Trinajstić information content (AvgIpc) is 2.27. The van der Waals surface area contributed by atoms with Gasteiger partial charge in [-0.15, -0.1) is 0 Å². The summed E-state index contributed by atoms with van der Waals surface area (Å²) in [5.74, 6) is -0.609. The highest BCUT2D eigenvalue weighted by molar-refractivity contribution is 5.73. The van der Waals surface area contributed by atoms with Crippen LogP contribution < -0.4 is 5.73 Å². The third kappa shape index (κ3) is 8.19. The molecule has 0 aromatic heterocycles. The quantitative estimate of drug-likeness (QED) is 0.535. The first-order chi connectivity index (χ1) is 7.60. The second-order valence-electron chi connectivity index (χ2n) is 3.38. The average molecular weight is 232 g/mol. The van der Waals surface area contributed by atoms with Gasteiger partial charge in [-0.1, -0.05) is 0 Å². The molecule has 0 fully saturated rings. The summed E-state index contributed by atoms with van der Waals surface area (Å²) < 4.78 is 9.48. The van der Waals surface area contributed by atoms with Crippen molar-refractivity contribution in [1.29, 1.82) is 0 Å². The lowest BCUT2D eigenvalue weighted by molar-refractivity contribution is -0.141. The lowest BCUT2D eigenvalue weighted by Gasteiger charge is -2.20. The van der Waals surface area contributed by atoms with Crippen LogP contribution in [0, 0.1) is 0 Å². The van der Waals surface area contributed by atoms with E-state index < -0.39 is 0 Å². The van der Waals surface area contributed by atoms with E-state index in [9.17, 15) is 9.59 Å². The zero-order valence-corrected chi connectivity index (χ0v) is 9.90. The van der Waals surface area contributed by atoms with Gasteiger partial charge in [0.2, 0.25) is 5.91 Å². The molecule has 0 aromatic carbocycles. The molecule has 0 unspecified atom stereocenters. The maximum Gasteiger partial charge on any atom is 0.306 e. The van der Waals surface area contributed by atoms with E-state index in [0.717, 1.165) is 0 Å². The predicted molar refractivity (Wildman–Crippen MR) is 58.8 cm³/mol. The highest BCUT2D eigenvalue weighted by atomic mass is 16.5. The van der Waals surface area contributed by atoms with Crippen LogP contribution in [0.25, 0.3) is 0 Å². The second kappa shape index (κ2) is 9.11. The summed E-state index contributed by atoms with van der Waals surface area (Å²) in [6.07, 6.45) is 0.587. The van der Waals surface area contributed by atoms with Crippen LogP contribution in [0.2, 0.25) is 0 Å². The Kier molecular flexibility index (Phi) is 8.46. The molecular weight excluding hydrogens is 212 g/mol. The Labute approximate surface area is 95.7 Å². The summed E-state index contributed by atoms with van der Waals surface area (Å²) in [4.78, 5) is 23.6.